The van der Waals surface area contributed by atoms with Crippen LogP contribution in [0.15, 0.2) is 42.5 Å². The Labute approximate surface area is 200 Å². The number of likely N-dealkylation sites (tertiary alicyclic amines) is 1. The summed E-state index contributed by atoms with van der Waals surface area (Å²) in [6, 6.07) is 12.0. The Hall–Kier alpha value is -2.74. The fourth-order valence-corrected chi connectivity index (χ4v) is 5.95. The van der Waals surface area contributed by atoms with Gasteiger partial charge in [-0.25, -0.2) is 4.98 Å². The zero-order valence-corrected chi connectivity index (χ0v) is 20.0. The Morgan fingerprint density at radius 3 is 2.56 bits per heavy atom. The topological polar surface area (TPSA) is 46.1 Å². The maximum atomic E-state index is 13.7. The van der Waals surface area contributed by atoms with E-state index in [0.29, 0.717) is 36.5 Å². The van der Waals surface area contributed by atoms with E-state index < -0.39 is 11.7 Å². The number of nitrogens with zero attached hydrogens (tertiary/aromatic N) is 3. The van der Waals surface area contributed by atoms with Crippen molar-refractivity contribution in [1.82, 2.24) is 14.9 Å². The van der Waals surface area contributed by atoms with Crippen LogP contribution in [0.25, 0.3) is 10.4 Å². The highest BCUT2D eigenvalue weighted by Crippen LogP contribution is 2.55. The van der Waals surface area contributed by atoms with Gasteiger partial charge in [-0.3, -0.25) is 9.78 Å². The molecule has 0 N–H and O–H groups in total. The predicted molar refractivity (Wildman–Crippen MR) is 126 cm³/mol. The molecule has 1 saturated heterocycles. The number of halogens is 3. The van der Waals surface area contributed by atoms with E-state index in [0.717, 1.165) is 46.8 Å². The van der Waals surface area contributed by atoms with Crippen LogP contribution in [0.1, 0.15) is 58.1 Å². The van der Waals surface area contributed by atoms with E-state index in [1.807, 2.05) is 42.2 Å². The van der Waals surface area contributed by atoms with Crippen molar-refractivity contribution in [2.45, 2.75) is 58.2 Å². The first-order valence-corrected chi connectivity index (χ1v) is 12.3. The highest BCUT2D eigenvalue weighted by molar-refractivity contribution is 7.15. The van der Waals surface area contributed by atoms with Crippen molar-refractivity contribution >= 4 is 17.2 Å². The molecule has 0 bridgehead atoms. The minimum atomic E-state index is -4.40. The third kappa shape index (κ3) is 4.60. The molecule has 1 aliphatic carbocycles. The minimum Gasteiger partial charge on any atom is -0.334 e. The molecular weight excluding hydrogens is 459 g/mol. The quantitative estimate of drug-likeness (QED) is 0.416. The third-order valence-corrected chi connectivity index (χ3v) is 7.89. The molecule has 5 rings (SSSR count). The lowest BCUT2D eigenvalue weighted by Crippen LogP contribution is -2.36. The summed E-state index contributed by atoms with van der Waals surface area (Å²) in [5.74, 6) is -0.0786. The summed E-state index contributed by atoms with van der Waals surface area (Å²) in [6.07, 6.45) is -0.333. The van der Waals surface area contributed by atoms with Gasteiger partial charge in [0.1, 0.15) is 5.69 Å². The summed E-state index contributed by atoms with van der Waals surface area (Å²) in [7, 11) is 0. The lowest BCUT2D eigenvalue weighted by atomic mass is 9.99. The molecule has 178 valence electrons. The van der Waals surface area contributed by atoms with Crippen LogP contribution in [0, 0.1) is 19.3 Å². The summed E-state index contributed by atoms with van der Waals surface area (Å²) in [6.45, 7) is 4.18. The Morgan fingerprint density at radius 2 is 1.88 bits per heavy atom. The van der Waals surface area contributed by atoms with Crippen LogP contribution in [0.3, 0.4) is 0 Å². The smallest absolute Gasteiger partial charge is 0.334 e. The second kappa shape index (κ2) is 8.48. The largest absolute Gasteiger partial charge is 0.416 e. The first kappa shape index (κ1) is 23.0. The summed E-state index contributed by atoms with van der Waals surface area (Å²) < 4.78 is 39.7. The molecule has 1 aliphatic heterocycles. The first-order valence-electron chi connectivity index (χ1n) is 11.5. The number of amides is 1. The number of thiazole rings is 1. The number of aryl methyl sites for hydroxylation is 3. The van der Waals surface area contributed by atoms with Crippen molar-refractivity contribution < 1.29 is 18.0 Å². The van der Waals surface area contributed by atoms with Crippen LogP contribution in [0.5, 0.6) is 0 Å². The number of carbonyl (C=O) groups excluding carboxylic acids is 1. The fourth-order valence-electron chi connectivity index (χ4n) is 5.04. The highest BCUT2D eigenvalue weighted by Gasteiger charge is 2.53. The molecule has 0 unspecified atom stereocenters. The molecule has 34 heavy (non-hydrogen) atoms. The molecule has 4 nitrogen and oxygen atoms in total. The van der Waals surface area contributed by atoms with Gasteiger partial charge in [0.2, 0.25) is 0 Å². The molecule has 1 aromatic carbocycles. The monoisotopic (exact) mass is 485 g/mol. The third-order valence-electron chi connectivity index (χ3n) is 6.87. The summed E-state index contributed by atoms with van der Waals surface area (Å²) in [4.78, 5) is 25.5. The Balaban J connectivity index is 1.39. The summed E-state index contributed by atoms with van der Waals surface area (Å²) >= 11 is 1.51. The molecule has 1 saturated carbocycles. The molecule has 2 aliphatic rings. The molecular formula is C26H26F3N3OS. The highest BCUT2D eigenvalue weighted by atomic mass is 32.1. The molecule has 3 heterocycles. The lowest BCUT2D eigenvalue weighted by molar-refractivity contribution is -0.137. The van der Waals surface area contributed by atoms with E-state index in [1.54, 1.807) is 6.92 Å². The van der Waals surface area contributed by atoms with E-state index in [9.17, 15) is 18.0 Å². The van der Waals surface area contributed by atoms with Gasteiger partial charge in [0.05, 0.1) is 15.4 Å². The van der Waals surface area contributed by atoms with Crippen molar-refractivity contribution in [2.75, 3.05) is 6.54 Å². The van der Waals surface area contributed by atoms with Crippen LogP contribution >= 0.6 is 11.3 Å². The van der Waals surface area contributed by atoms with Crippen LogP contribution < -0.4 is 0 Å². The van der Waals surface area contributed by atoms with E-state index in [-0.39, 0.29) is 17.4 Å². The molecule has 1 spiro atoms. The molecule has 1 amide bonds. The number of aromatic nitrogens is 2. The van der Waals surface area contributed by atoms with Crippen LogP contribution in [0.4, 0.5) is 13.2 Å². The average Bonchev–Trinajstić information content (AvgIpc) is 3.27. The minimum absolute atomic E-state index is 0.0303. The van der Waals surface area contributed by atoms with Gasteiger partial charge in [-0.05, 0) is 69.1 Å². The van der Waals surface area contributed by atoms with Crippen LogP contribution in [0.2, 0.25) is 0 Å². The number of benzene rings is 1. The van der Waals surface area contributed by atoms with Crippen molar-refractivity contribution in [1.29, 1.82) is 0 Å². The molecule has 3 aromatic rings. The number of carbonyl (C=O) groups is 1. The van der Waals surface area contributed by atoms with Gasteiger partial charge in [0.25, 0.3) is 5.91 Å². The lowest BCUT2D eigenvalue weighted by Gasteiger charge is -2.24. The molecule has 2 fully saturated rings. The van der Waals surface area contributed by atoms with Crippen LogP contribution in [-0.2, 0) is 12.6 Å². The maximum Gasteiger partial charge on any atom is 0.416 e. The van der Waals surface area contributed by atoms with Gasteiger partial charge in [-0.1, -0.05) is 30.3 Å². The number of alkyl halides is 3. The number of hydrogen-bond donors (Lipinski definition) is 0. The van der Waals surface area contributed by atoms with Gasteiger partial charge >= 0.3 is 6.18 Å². The van der Waals surface area contributed by atoms with Crippen molar-refractivity contribution in [3.05, 3.63) is 70.1 Å². The Kier molecular flexibility index (Phi) is 5.74. The van der Waals surface area contributed by atoms with Crippen molar-refractivity contribution in [3.63, 3.8) is 0 Å². The summed E-state index contributed by atoms with van der Waals surface area (Å²) in [5.41, 5.74) is 1.72. The van der Waals surface area contributed by atoms with Gasteiger partial charge in [-0.2, -0.15) is 13.2 Å². The molecule has 1 atom stereocenters. The van der Waals surface area contributed by atoms with Crippen molar-refractivity contribution in [2.24, 2.45) is 5.41 Å². The van der Waals surface area contributed by atoms with Gasteiger partial charge in [0, 0.05) is 24.0 Å². The second-order valence-corrected chi connectivity index (χ2v) is 10.8. The normalized spacial score (nSPS) is 19.1. The van der Waals surface area contributed by atoms with E-state index in [4.69, 9.17) is 0 Å². The second-order valence-electron chi connectivity index (χ2n) is 9.59. The van der Waals surface area contributed by atoms with Gasteiger partial charge in [0.15, 0.2) is 0 Å². The maximum absolute atomic E-state index is 13.7. The molecule has 8 heteroatoms. The number of hydrogen-bond acceptors (Lipinski definition) is 4. The van der Waals surface area contributed by atoms with E-state index >= 15 is 0 Å². The SMILES string of the molecule is Cc1cc(C(F)(F)F)cc(CC[C@@H]2CC3(CC3)CN2C(=O)c2nc(C)sc2-c2ccccc2)n1. The number of pyridine rings is 1. The fraction of sp³-hybridized carbons (Fsp3) is 0.423. The van der Waals surface area contributed by atoms with Gasteiger partial charge < -0.3 is 4.90 Å². The molecule has 2 aromatic heterocycles. The van der Waals surface area contributed by atoms with Crippen LogP contribution in [-0.4, -0.2) is 33.4 Å². The number of rotatable bonds is 5. The summed E-state index contributed by atoms with van der Waals surface area (Å²) in [5, 5.41) is 0.836. The Bertz CT molecular complexity index is 1220. The average molecular weight is 486 g/mol. The van der Waals surface area contributed by atoms with Crippen molar-refractivity contribution in [3.8, 4) is 10.4 Å². The van der Waals surface area contributed by atoms with E-state index in [1.165, 1.54) is 11.3 Å². The zero-order valence-electron chi connectivity index (χ0n) is 19.2. The Morgan fingerprint density at radius 1 is 1.15 bits per heavy atom. The standard InChI is InChI=1S/C26H26F3N3OS/c1-16-12-19(26(27,28)29)13-20(30-16)8-9-21-14-25(10-11-25)15-32(21)24(33)22-23(34-17(2)31-22)18-6-4-3-5-7-18/h3-7,12-13,21H,8-11,14-15H2,1-2H3/t21-/m1/s1. The van der Waals surface area contributed by atoms with Gasteiger partial charge in [-0.15, -0.1) is 11.3 Å². The van der Waals surface area contributed by atoms with E-state index in [2.05, 4.69) is 9.97 Å². The zero-order chi connectivity index (χ0) is 24.1. The first-order chi connectivity index (χ1) is 16.1. The predicted octanol–water partition coefficient (Wildman–Crippen LogP) is 6.47. The molecule has 0 radical (unpaired) electrons.